The van der Waals surface area contributed by atoms with Crippen molar-refractivity contribution in [2.24, 2.45) is 0 Å². The van der Waals surface area contributed by atoms with Crippen molar-refractivity contribution in [3.05, 3.63) is 95.6 Å². The van der Waals surface area contributed by atoms with Gasteiger partial charge in [0.1, 0.15) is 18.4 Å². The zero-order valence-corrected chi connectivity index (χ0v) is 16.7. The van der Waals surface area contributed by atoms with Crippen LogP contribution < -0.4 is 15.4 Å². The molecule has 3 aromatic carbocycles. The van der Waals surface area contributed by atoms with Crippen LogP contribution in [0.5, 0.6) is 5.75 Å². The van der Waals surface area contributed by atoms with Crippen LogP contribution in [-0.4, -0.2) is 24.7 Å². The van der Waals surface area contributed by atoms with Gasteiger partial charge in [-0.25, -0.2) is 0 Å². The van der Waals surface area contributed by atoms with E-state index in [4.69, 9.17) is 4.74 Å². The van der Waals surface area contributed by atoms with Crippen LogP contribution in [0.1, 0.15) is 28.8 Å². The smallest absolute Gasteiger partial charge is 0.287 e. The Kier molecular flexibility index (Phi) is 7.00. The van der Waals surface area contributed by atoms with E-state index in [0.29, 0.717) is 18.0 Å². The molecule has 29 heavy (non-hydrogen) atoms. The third kappa shape index (κ3) is 5.44. The van der Waals surface area contributed by atoms with Gasteiger partial charge < -0.3 is 20.5 Å². The summed E-state index contributed by atoms with van der Waals surface area (Å²) in [5, 5.41) is 15.4. The van der Waals surface area contributed by atoms with E-state index in [-0.39, 0.29) is 5.91 Å². The van der Waals surface area contributed by atoms with Gasteiger partial charge in [-0.1, -0.05) is 66.7 Å². The summed E-state index contributed by atoms with van der Waals surface area (Å²) in [5.74, 6) is 0.445. The Balaban J connectivity index is 1.79. The molecule has 0 aliphatic rings. The van der Waals surface area contributed by atoms with Crippen LogP contribution in [0, 0.1) is 6.92 Å². The molecule has 1 amide bonds. The molecule has 0 unspecified atom stereocenters. The Morgan fingerprint density at radius 1 is 1.00 bits per heavy atom. The number of aryl methyl sites for hydroxylation is 1. The van der Waals surface area contributed by atoms with Crippen LogP contribution in [0.3, 0.4) is 0 Å². The van der Waals surface area contributed by atoms with Crippen molar-refractivity contribution in [1.29, 1.82) is 0 Å². The first-order chi connectivity index (χ1) is 14.1. The summed E-state index contributed by atoms with van der Waals surface area (Å²) in [6.07, 6.45) is -0.663. The molecule has 2 atom stereocenters. The fourth-order valence-corrected chi connectivity index (χ4v) is 3.26. The van der Waals surface area contributed by atoms with Gasteiger partial charge in [0, 0.05) is 5.56 Å². The number of aliphatic hydroxyl groups is 1. The SMILES string of the molecule is COc1ccc(C)cc1NC(=O)[C@H]([NH2+]C[C@H](O)c1ccccc1)c1ccccc1. The second-order valence-corrected chi connectivity index (χ2v) is 6.98. The zero-order valence-electron chi connectivity index (χ0n) is 16.7. The average Bonchev–Trinajstić information content (AvgIpc) is 2.75. The highest BCUT2D eigenvalue weighted by Crippen LogP contribution is 2.26. The van der Waals surface area contributed by atoms with Crippen molar-refractivity contribution in [1.82, 2.24) is 0 Å². The quantitative estimate of drug-likeness (QED) is 0.553. The molecule has 0 aromatic heterocycles. The van der Waals surface area contributed by atoms with Gasteiger partial charge >= 0.3 is 0 Å². The molecular weight excluding hydrogens is 364 g/mol. The summed E-state index contributed by atoms with van der Waals surface area (Å²) in [6.45, 7) is 2.33. The third-order valence-electron chi connectivity index (χ3n) is 4.83. The van der Waals surface area contributed by atoms with E-state index < -0.39 is 12.1 Å². The number of nitrogens with two attached hydrogens (primary N) is 1. The Hall–Kier alpha value is -3.15. The van der Waals surface area contributed by atoms with Crippen molar-refractivity contribution < 1.29 is 20.0 Å². The minimum Gasteiger partial charge on any atom is -0.495 e. The van der Waals surface area contributed by atoms with Gasteiger partial charge in [0.05, 0.1) is 12.8 Å². The molecule has 0 spiro atoms. The second kappa shape index (κ2) is 9.87. The molecule has 3 aromatic rings. The van der Waals surface area contributed by atoms with Crippen LogP contribution in [-0.2, 0) is 4.79 Å². The Labute approximate surface area is 171 Å². The fourth-order valence-electron chi connectivity index (χ4n) is 3.26. The molecule has 0 aliphatic carbocycles. The molecular formula is C24H27N2O3+. The number of methoxy groups -OCH3 is 1. The number of nitrogens with one attached hydrogen (secondary N) is 1. The summed E-state index contributed by atoms with van der Waals surface area (Å²) in [6, 6.07) is 24.2. The molecule has 4 N–H and O–H groups in total. The van der Waals surface area contributed by atoms with Gasteiger partial charge in [0.2, 0.25) is 0 Å². The van der Waals surface area contributed by atoms with Gasteiger partial charge in [0.15, 0.2) is 6.04 Å². The molecule has 0 bridgehead atoms. The van der Waals surface area contributed by atoms with E-state index >= 15 is 0 Å². The lowest BCUT2D eigenvalue weighted by molar-refractivity contribution is -0.689. The van der Waals surface area contributed by atoms with Crippen molar-refractivity contribution in [3.63, 3.8) is 0 Å². The lowest BCUT2D eigenvalue weighted by Gasteiger charge is -2.19. The number of hydrogen-bond acceptors (Lipinski definition) is 3. The van der Waals surface area contributed by atoms with Crippen molar-refractivity contribution >= 4 is 11.6 Å². The van der Waals surface area contributed by atoms with Crippen LogP contribution in [0.4, 0.5) is 5.69 Å². The summed E-state index contributed by atoms with van der Waals surface area (Å²) >= 11 is 0. The molecule has 0 heterocycles. The second-order valence-electron chi connectivity index (χ2n) is 6.98. The van der Waals surface area contributed by atoms with Gasteiger partial charge in [-0.3, -0.25) is 4.79 Å². The highest BCUT2D eigenvalue weighted by atomic mass is 16.5. The molecule has 5 heteroatoms. The predicted molar refractivity (Wildman–Crippen MR) is 114 cm³/mol. The third-order valence-corrected chi connectivity index (χ3v) is 4.83. The van der Waals surface area contributed by atoms with Gasteiger partial charge in [-0.2, -0.15) is 0 Å². The minimum atomic E-state index is -0.663. The summed E-state index contributed by atoms with van der Waals surface area (Å²) in [4.78, 5) is 13.2. The number of anilines is 1. The number of hydrogen-bond donors (Lipinski definition) is 3. The Morgan fingerprint density at radius 2 is 1.62 bits per heavy atom. The Bertz CT molecular complexity index is 929. The lowest BCUT2D eigenvalue weighted by atomic mass is 10.0. The molecule has 150 valence electrons. The van der Waals surface area contributed by atoms with Crippen molar-refractivity contribution in [2.75, 3.05) is 19.0 Å². The highest BCUT2D eigenvalue weighted by molar-refractivity contribution is 5.95. The first kappa shape index (κ1) is 20.6. The molecule has 3 rings (SSSR count). The van der Waals surface area contributed by atoms with Crippen molar-refractivity contribution in [3.8, 4) is 5.75 Å². The molecule has 0 saturated heterocycles. The number of quaternary nitrogens is 1. The number of benzene rings is 3. The monoisotopic (exact) mass is 391 g/mol. The fraction of sp³-hybridized carbons (Fsp3) is 0.208. The van der Waals surface area contributed by atoms with Crippen molar-refractivity contribution in [2.45, 2.75) is 19.1 Å². The average molecular weight is 391 g/mol. The molecule has 0 saturated carbocycles. The number of carbonyl (C=O) groups is 1. The van der Waals surface area contributed by atoms with Gasteiger partial charge in [-0.15, -0.1) is 0 Å². The van der Waals surface area contributed by atoms with E-state index in [9.17, 15) is 9.90 Å². The molecule has 0 fully saturated rings. The standard InChI is InChI=1S/C24H26N2O3/c1-17-13-14-22(29-2)20(15-17)26-24(28)23(19-11-7-4-8-12-19)25-16-21(27)18-9-5-3-6-10-18/h3-15,21,23,25,27H,16H2,1-2H3,(H,26,28)/p+1/t21-,23+/m0/s1. The van der Waals surface area contributed by atoms with Gasteiger partial charge in [0.25, 0.3) is 5.91 Å². The van der Waals surface area contributed by atoms with E-state index in [1.165, 1.54) is 0 Å². The largest absolute Gasteiger partial charge is 0.495 e. The number of aliphatic hydroxyl groups excluding tert-OH is 1. The van der Waals surface area contributed by atoms with Gasteiger partial charge in [-0.05, 0) is 30.2 Å². The molecule has 0 aliphatic heterocycles. The highest BCUT2D eigenvalue weighted by Gasteiger charge is 2.26. The zero-order chi connectivity index (χ0) is 20.6. The first-order valence-electron chi connectivity index (χ1n) is 9.65. The molecule has 0 radical (unpaired) electrons. The maximum Gasteiger partial charge on any atom is 0.287 e. The maximum absolute atomic E-state index is 13.2. The number of rotatable bonds is 8. The topological polar surface area (TPSA) is 75.2 Å². The van der Waals surface area contributed by atoms with Crippen LogP contribution >= 0.6 is 0 Å². The van der Waals surface area contributed by atoms with Crippen LogP contribution in [0.2, 0.25) is 0 Å². The van der Waals surface area contributed by atoms with Crippen LogP contribution in [0.15, 0.2) is 78.9 Å². The summed E-state index contributed by atoms with van der Waals surface area (Å²) in [5.41, 5.74) is 3.37. The maximum atomic E-state index is 13.2. The number of amides is 1. The number of carbonyl (C=O) groups excluding carboxylic acids is 1. The van der Waals surface area contributed by atoms with E-state index in [1.54, 1.807) is 7.11 Å². The van der Waals surface area contributed by atoms with E-state index in [1.807, 2.05) is 91.1 Å². The Morgan fingerprint density at radius 3 is 2.24 bits per heavy atom. The lowest BCUT2D eigenvalue weighted by Crippen LogP contribution is -2.88. The predicted octanol–water partition coefficient (Wildman–Crippen LogP) is 2.98. The van der Waals surface area contributed by atoms with Crippen LogP contribution in [0.25, 0.3) is 0 Å². The number of ether oxygens (including phenoxy) is 1. The summed E-state index contributed by atoms with van der Waals surface area (Å²) < 4.78 is 5.38. The first-order valence-corrected chi connectivity index (χ1v) is 9.65. The van der Waals surface area contributed by atoms with E-state index in [0.717, 1.165) is 16.7 Å². The normalized spacial score (nSPS) is 12.8. The minimum absolute atomic E-state index is 0.166. The molecule has 5 nitrogen and oxygen atoms in total. The summed E-state index contributed by atoms with van der Waals surface area (Å²) in [7, 11) is 1.58. The van der Waals surface area contributed by atoms with E-state index in [2.05, 4.69) is 5.32 Å².